The molecule has 0 radical (unpaired) electrons. The average molecular weight is 192 g/mol. The van der Waals surface area contributed by atoms with E-state index >= 15 is 0 Å². The average Bonchev–Trinajstić information content (AvgIpc) is 2.16. The lowest BCUT2D eigenvalue weighted by molar-refractivity contribution is 0.452. The first-order valence-corrected chi connectivity index (χ1v) is 5.39. The summed E-state index contributed by atoms with van der Waals surface area (Å²) in [5, 5.41) is 10.1. The molecule has 0 aromatic heterocycles. The number of hydrogen-bond donors (Lipinski definition) is 1. The van der Waals surface area contributed by atoms with Crippen molar-refractivity contribution in [3.63, 3.8) is 0 Å². The van der Waals surface area contributed by atoms with Gasteiger partial charge in [0.1, 0.15) is 5.75 Å². The first-order valence-electron chi connectivity index (χ1n) is 5.39. The predicted octanol–water partition coefficient (Wildman–Crippen LogP) is 4.03. The monoisotopic (exact) mass is 192 g/mol. The van der Waals surface area contributed by atoms with E-state index in [9.17, 15) is 5.11 Å². The van der Waals surface area contributed by atoms with Gasteiger partial charge in [-0.2, -0.15) is 0 Å². The predicted molar refractivity (Wildman–Crippen MR) is 60.9 cm³/mol. The van der Waals surface area contributed by atoms with Crippen LogP contribution >= 0.6 is 0 Å². The summed E-state index contributed by atoms with van der Waals surface area (Å²) >= 11 is 0. The molecular weight excluding hydrogens is 172 g/mol. The maximum Gasteiger partial charge on any atom is 0.122 e. The minimum atomic E-state index is 0.388. The third-order valence-electron chi connectivity index (χ3n) is 2.86. The normalized spacial score (nSPS) is 13.2. The lowest BCUT2D eigenvalue weighted by atomic mass is 9.92. The van der Waals surface area contributed by atoms with Gasteiger partial charge in [0, 0.05) is 0 Å². The molecule has 0 spiro atoms. The Hall–Kier alpha value is -0.980. The second-order valence-electron chi connectivity index (χ2n) is 4.25. The molecule has 0 aliphatic rings. The molecule has 1 aromatic carbocycles. The van der Waals surface area contributed by atoms with Gasteiger partial charge >= 0.3 is 0 Å². The molecule has 0 fully saturated rings. The second-order valence-corrected chi connectivity index (χ2v) is 4.25. The summed E-state index contributed by atoms with van der Waals surface area (Å²) in [6, 6.07) is 6.07. The highest BCUT2D eigenvalue weighted by atomic mass is 16.3. The molecule has 1 unspecified atom stereocenters. The SMILES string of the molecule is CCC(C)c1cccc(C(C)C)c1O. The quantitative estimate of drug-likeness (QED) is 0.766. The number of aromatic hydroxyl groups is 1. The Balaban J connectivity index is 3.13. The number of rotatable bonds is 3. The van der Waals surface area contributed by atoms with Gasteiger partial charge in [-0.1, -0.05) is 45.9 Å². The molecule has 0 aliphatic carbocycles. The Morgan fingerprint density at radius 2 is 1.71 bits per heavy atom. The molecule has 0 heterocycles. The molecule has 0 bridgehead atoms. The van der Waals surface area contributed by atoms with E-state index in [1.807, 2.05) is 18.2 Å². The summed E-state index contributed by atoms with van der Waals surface area (Å²) in [6.45, 7) is 8.51. The third kappa shape index (κ3) is 2.09. The van der Waals surface area contributed by atoms with Crippen molar-refractivity contribution in [2.75, 3.05) is 0 Å². The van der Waals surface area contributed by atoms with E-state index in [1.54, 1.807) is 0 Å². The minimum Gasteiger partial charge on any atom is -0.507 e. The van der Waals surface area contributed by atoms with E-state index in [0.717, 1.165) is 17.5 Å². The number of phenols is 1. The smallest absolute Gasteiger partial charge is 0.122 e. The fraction of sp³-hybridized carbons (Fsp3) is 0.538. The fourth-order valence-corrected chi connectivity index (χ4v) is 1.66. The summed E-state index contributed by atoms with van der Waals surface area (Å²) in [7, 11) is 0. The van der Waals surface area contributed by atoms with E-state index < -0.39 is 0 Å². The van der Waals surface area contributed by atoms with Crippen molar-refractivity contribution in [1.29, 1.82) is 0 Å². The van der Waals surface area contributed by atoms with Crippen LogP contribution in [0.2, 0.25) is 0 Å². The molecule has 0 amide bonds. The molecule has 1 N–H and O–H groups in total. The lowest BCUT2D eigenvalue weighted by Crippen LogP contribution is -1.96. The first-order chi connectivity index (χ1) is 6.57. The Bertz CT molecular complexity index is 302. The van der Waals surface area contributed by atoms with E-state index in [2.05, 4.69) is 27.7 Å². The summed E-state index contributed by atoms with van der Waals surface area (Å²) in [5.41, 5.74) is 2.14. The van der Waals surface area contributed by atoms with Gasteiger partial charge in [0.2, 0.25) is 0 Å². The van der Waals surface area contributed by atoms with Crippen LogP contribution in [0.1, 0.15) is 57.1 Å². The molecule has 0 aliphatic heterocycles. The van der Waals surface area contributed by atoms with E-state index in [4.69, 9.17) is 0 Å². The van der Waals surface area contributed by atoms with Gasteiger partial charge in [-0.25, -0.2) is 0 Å². The van der Waals surface area contributed by atoms with Gasteiger partial charge in [0.25, 0.3) is 0 Å². The number of phenolic OH excluding ortho intramolecular Hbond substituents is 1. The van der Waals surface area contributed by atoms with Crippen LogP contribution in [-0.4, -0.2) is 5.11 Å². The fourth-order valence-electron chi connectivity index (χ4n) is 1.66. The Morgan fingerprint density at radius 3 is 2.21 bits per heavy atom. The largest absolute Gasteiger partial charge is 0.507 e. The summed E-state index contributed by atoms with van der Waals surface area (Å²) in [5.74, 6) is 1.32. The molecule has 78 valence electrons. The highest BCUT2D eigenvalue weighted by Gasteiger charge is 2.13. The number of para-hydroxylation sites is 1. The molecule has 0 saturated carbocycles. The van der Waals surface area contributed by atoms with Crippen LogP contribution in [0.15, 0.2) is 18.2 Å². The molecule has 1 heteroatoms. The Labute approximate surface area is 86.8 Å². The van der Waals surface area contributed by atoms with Crippen LogP contribution in [0.5, 0.6) is 5.75 Å². The summed E-state index contributed by atoms with van der Waals surface area (Å²) in [4.78, 5) is 0. The van der Waals surface area contributed by atoms with Gasteiger partial charge in [-0.3, -0.25) is 0 Å². The van der Waals surface area contributed by atoms with Crippen molar-refractivity contribution < 1.29 is 5.11 Å². The second kappa shape index (κ2) is 4.50. The van der Waals surface area contributed by atoms with Gasteiger partial charge in [-0.15, -0.1) is 0 Å². The maximum atomic E-state index is 10.1. The van der Waals surface area contributed by atoms with Gasteiger partial charge < -0.3 is 5.11 Å². The Morgan fingerprint density at radius 1 is 1.14 bits per heavy atom. The molecule has 0 saturated heterocycles. The molecular formula is C13H20O. The zero-order valence-electron chi connectivity index (χ0n) is 9.54. The van der Waals surface area contributed by atoms with Gasteiger partial charge in [0.15, 0.2) is 0 Å². The van der Waals surface area contributed by atoms with Gasteiger partial charge in [-0.05, 0) is 29.4 Å². The van der Waals surface area contributed by atoms with E-state index in [0.29, 0.717) is 17.6 Å². The first kappa shape index (κ1) is 11.1. The maximum absolute atomic E-state index is 10.1. The highest BCUT2D eigenvalue weighted by Crippen LogP contribution is 2.34. The summed E-state index contributed by atoms with van der Waals surface area (Å²) < 4.78 is 0. The van der Waals surface area contributed by atoms with Crippen LogP contribution in [-0.2, 0) is 0 Å². The third-order valence-corrected chi connectivity index (χ3v) is 2.86. The zero-order chi connectivity index (χ0) is 10.7. The van der Waals surface area contributed by atoms with Crippen LogP contribution in [0.4, 0.5) is 0 Å². The highest BCUT2D eigenvalue weighted by molar-refractivity contribution is 5.43. The van der Waals surface area contributed by atoms with Crippen molar-refractivity contribution in [3.05, 3.63) is 29.3 Å². The van der Waals surface area contributed by atoms with Gasteiger partial charge in [0.05, 0.1) is 0 Å². The molecule has 1 nitrogen and oxygen atoms in total. The standard InChI is InChI=1S/C13H20O/c1-5-10(4)12-8-6-7-11(9(2)3)13(12)14/h6-10,14H,5H2,1-4H3. The number of hydrogen-bond acceptors (Lipinski definition) is 1. The molecule has 1 rings (SSSR count). The molecule has 1 atom stereocenters. The Kier molecular flexibility index (Phi) is 3.56. The molecule has 14 heavy (non-hydrogen) atoms. The molecule has 1 aromatic rings. The van der Waals surface area contributed by atoms with Crippen molar-refractivity contribution in [1.82, 2.24) is 0 Å². The van der Waals surface area contributed by atoms with Crippen LogP contribution < -0.4 is 0 Å². The topological polar surface area (TPSA) is 20.2 Å². The minimum absolute atomic E-state index is 0.388. The zero-order valence-corrected chi connectivity index (χ0v) is 9.54. The lowest BCUT2D eigenvalue weighted by Gasteiger charge is -2.16. The van der Waals surface area contributed by atoms with Crippen molar-refractivity contribution >= 4 is 0 Å². The van der Waals surface area contributed by atoms with Crippen molar-refractivity contribution in [3.8, 4) is 5.75 Å². The van der Waals surface area contributed by atoms with E-state index in [1.165, 1.54) is 0 Å². The van der Waals surface area contributed by atoms with Crippen LogP contribution in [0.25, 0.3) is 0 Å². The van der Waals surface area contributed by atoms with Crippen molar-refractivity contribution in [2.45, 2.75) is 46.0 Å². The summed E-state index contributed by atoms with van der Waals surface area (Å²) in [6.07, 6.45) is 1.06. The van der Waals surface area contributed by atoms with Crippen LogP contribution in [0.3, 0.4) is 0 Å². The van der Waals surface area contributed by atoms with Crippen molar-refractivity contribution in [2.24, 2.45) is 0 Å². The number of benzene rings is 1. The van der Waals surface area contributed by atoms with Crippen LogP contribution in [0, 0.1) is 0 Å². The van der Waals surface area contributed by atoms with E-state index in [-0.39, 0.29) is 0 Å².